The van der Waals surface area contributed by atoms with Crippen molar-refractivity contribution in [2.24, 2.45) is 0 Å². The lowest BCUT2D eigenvalue weighted by atomic mass is 9.89. The van der Waals surface area contributed by atoms with Crippen LogP contribution in [0, 0.1) is 0 Å². The summed E-state index contributed by atoms with van der Waals surface area (Å²) >= 11 is 0. The number of fused-ring (bicyclic) bond motifs is 6. The summed E-state index contributed by atoms with van der Waals surface area (Å²) < 4.78 is 8.76. The predicted molar refractivity (Wildman–Crippen MR) is 192 cm³/mol. The molecule has 0 saturated carbocycles. The number of nitrogens with zero attached hydrogens (tertiary/aromatic N) is 1. The van der Waals surface area contributed by atoms with Crippen LogP contribution >= 0.6 is 0 Å². The Hall–Kier alpha value is -6.12. The normalized spacial score (nSPS) is 12.1. The summed E-state index contributed by atoms with van der Waals surface area (Å²) in [6.45, 7) is 0. The minimum Gasteiger partial charge on any atom is -0.456 e. The van der Waals surface area contributed by atoms with Crippen molar-refractivity contribution in [2.45, 2.75) is 0 Å². The second-order valence-corrected chi connectivity index (χ2v) is 12.1. The van der Waals surface area contributed by atoms with Gasteiger partial charge in [0.2, 0.25) is 0 Å². The van der Waals surface area contributed by atoms with E-state index in [9.17, 15) is 0 Å². The Labute approximate surface area is 266 Å². The lowest BCUT2D eigenvalue weighted by Gasteiger charge is -2.22. The van der Waals surface area contributed by atoms with Crippen LogP contribution in [-0.2, 0) is 0 Å². The Balaban J connectivity index is 1.16. The van der Waals surface area contributed by atoms with Gasteiger partial charge in [-0.2, -0.15) is 0 Å². The molecule has 9 aromatic rings. The molecule has 1 aliphatic heterocycles. The first-order valence-electron chi connectivity index (χ1n) is 15.8. The van der Waals surface area contributed by atoms with Gasteiger partial charge >= 0.3 is 0 Å². The van der Waals surface area contributed by atoms with E-state index in [4.69, 9.17) is 4.74 Å². The van der Waals surface area contributed by atoms with Crippen LogP contribution < -0.4 is 4.74 Å². The molecule has 1 aromatic heterocycles. The first-order valence-corrected chi connectivity index (χ1v) is 15.8. The topological polar surface area (TPSA) is 14.2 Å². The van der Waals surface area contributed by atoms with Crippen molar-refractivity contribution in [1.29, 1.82) is 0 Å². The average molecular weight is 586 g/mol. The van der Waals surface area contributed by atoms with Gasteiger partial charge < -0.3 is 9.30 Å². The minimum atomic E-state index is 0.911. The molecule has 0 amide bonds. The molecule has 0 aliphatic carbocycles. The Morgan fingerprint density at radius 3 is 2.00 bits per heavy atom. The van der Waals surface area contributed by atoms with Crippen molar-refractivity contribution < 1.29 is 4.74 Å². The molecule has 0 fully saturated rings. The molecule has 2 heterocycles. The van der Waals surface area contributed by atoms with E-state index in [2.05, 4.69) is 156 Å². The van der Waals surface area contributed by atoms with Gasteiger partial charge in [-0.3, -0.25) is 0 Å². The summed E-state index contributed by atoms with van der Waals surface area (Å²) in [6.07, 6.45) is 0. The van der Waals surface area contributed by atoms with Gasteiger partial charge in [0, 0.05) is 27.4 Å². The molecule has 0 spiro atoms. The smallest absolute Gasteiger partial charge is 0.135 e. The molecular formula is C44H27NO. The van der Waals surface area contributed by atoms with Gasteiger partial charge in [-0.25, -0.2) is 0 Å². The van der Waals surface area contributed by atoms with Crippen LogP contribution in [-0.4, -0.2) is 4.57 Å². The van der Waals surface area contributed by atoms with Gasteiger partial charge in [-0.05, 0) is 98.6 Å². The third-order valence-electron chi connectivity index (χ3n) is 9.55. The maximum atomic E-state index is 6.37. The molecule has 0 unspecified atom stereocenters. The Bertz CT molecular complexity index is 2660. The summed E-state index contributed by atoms with van der Waals surface area (Å²) in [5.41, 5.74) is 10.8. The molecule has 0 atom stereocenters. The monoisotopic (exact) mass is 585 g/mol. The van der Waals surface area contributed by atoms with Crippen molar-refractivity contribution >= 4 is 43.4 Å². The lowest BCUT2D eigenvalue weighted by molar-refractivity contribution is 0.487. The molecule has 8 aromatic carbocycles. The van der Waals surface area contributed by atoms with E-state index < -0.39 is 0 Å². The van der Waals surface area contributed by atoms with E-state index in [-0.39, 0.29) is 0 Å². The summed E-state index contributed by atoms with van der Waals surface area (Å²) in [7, 11) is 0. The largest absolute Gasteiger partial charge is 0.456 e. The molecule has 0 radical (unpaired) electrons. The van der Waals surface area contributed by atoms with Crippen molar-refractivity contribution in [3.05, 3.63) is 164 Å². The lowest BCUT2D eigenvalue weighted by Crippen LogP contribution is -1.97. The fourth-order valence-electron chi connectivity index (χ4n) is 7.44. The number of benzene rings is 8. The van der Waals surface area contributed by atoms with Gasteiger partial charge in [0.1, 0.15) is 11.5 Å². The maximum Gasteiger partial charge on any atom is 0.135 e. The number of hydrogen-bond donors (Lipinski definition) is 0. The van der Waals surface area contributed by atoms with Gasteiger partial charge in [0.05, 0.1) is 11.0 Å². The molecule has 2 nitrogen and oxygen atoms in total. The number of ether oxygens (including phenoxy) is 1. The SMILES string of the molecule is c1ccc(-n2c3ccc(-c4cccc(-c5ccc6c7c(cccc57)-c5ccccc5O6)c4)cc3c3cc4ccccc4cc32)cc1. The standard InChI is InChI=1S/C44H27NO/c1-2-14-33(15-3-1)45-40-22-20-31(26-38(40)39-25-29-10-4-5-11-30(29)27-41(39)45)28-12-8-13-32(24-28)34-21-23-43-44-36(34)17-9-18-37(44)35-16-6-7-19-42(35)46-43/h1-27H. The summed E-state index contributed by atoms with van der Waals surface area (Å²) in [4.78, 5) is 0. The van der Waals surface area contributed by atoms with Crippen LogP contribution in [0.15, 0.2) is 164 Å². The number of para-hydroxylation sites is 2. The molecule has 1 aliphatic rings. The molecule has 2 heteroatoms. The Morgan fingerprint density at radius 2 is 1.09 bits per heavy atom. The van der Waals surface area contributed by atoms with Gasteiger partial charge in [0.25, 0.3) is 0 Å². The zero-order valence-electron chi connectivity index (χ0n) is 24.9. The van der Waals surface area contributed by atoms with Gasteiger partial charge in [-0.1, -0.05) is 109 Å². The third kappa shape index (κ3) is 3.71. The van der Waals surface area contributed by atoms with Crippen LogP contribution in [0.25, 0.3) is 82.4 Å². The Kier molecular flexibility index (Phi) is 5.31. The van der Waals surface area contributed by atoms with Crippen molar-refractivity contribution in [3.8, 4) is 50.6 Å². The molecule has 214 valence electrons. The van der Waals surface area contributed by atoms with Gasteiger partial charge in [-0.15, -0.1) is 0 Å². The summed E-state index contributed by atoms with van der Waals surface area (Å²) in [5, 5.41) is 7.40. The maximum absolute atomic E-state index is 6.37. The highest BCUT2D eigenvalue weighted by molar-refractivity contribution is 6.15. The predicted octanol–water partition coefficient (Wildman–Crippen LogP) is 12.2. The highest BCUT2D eigenvalue weighted by Crippen LogP contribution is 2.48. The molecule has 0 N–H and O–H groups in total. The van der Waals surface area contributed by atoms with Crippen LogP contribution in [0.4, 0.5) is 0 Å². The zero-order chi connectivity index (χ0) is 30.2. The van der Waals surface area contributed by atoms with Crippen LogP contribution in [0.5, 0.6) is 11.5 Å². The van der Waals surface area contributed by atoms with E-state index in [1.165, 1.54) is 76.9 Å². The molecular weight excluding hydrogens is 558 g/mol. The Morgan fingerprint density at radius 1 is 0.370 bits per heavy atom. The van der Waals surface area contributed by atoms with Crippen molar-refractivity contribution in [2.75, 3.05) is 0 Å². The van der Waals surface area contributed by atoms with Gasteiger partial charge in [0.15, 0.2) is 0 Å². The van der Waals surface area contributed by atoms with E-state index in [1.807, 2.05) is 12.1 Å². The first-order chi connectivity index (χ1) is 22.8. The second-order valence-electron chi connectivity index (χ2n) is 12.1. The first kappa shape index (κ1) is 25.2. The minimum absolute atomic E-state index is 0.911. The molecule has 0 bridgehead atoms. The fourth-order valence-corrected chi connectivity index (χ4v) is 7.44. The molecule has 10 rings (SSSR count). The van der Waals surface area contributed by atoms with E-state index >= 15 is 0 Å². The van der Waals surface area contributed by atoms with E-state index in [0.29, 0.717) is 0 Å². The van der Waals surface area contributed by atoms with Crippen LogP contribution in [0.3, 0.4) is 0 Å². The molecule has 46 heavy (non-hydrogen) atoms. The molecule has 0 saturated heterocycles. The van der Waals surface area contributed by atoms with E-state index in [0.717, 1.165) is 17.1 Å². The zero-order valence-corrected chi connectivity index (χ0v) is 24.9. The second kappa shape index (κ2) is 9.69. The number of aromatic nitrogens is 1. The van der Waals surface area contributed by atoms with Crippen molar-refractivity contribution in [3.63, 3.8) is 0 Å². The quantitative estimate of drug-likeness (QED) is 0.201. The number of hydrogen-bond acceptors (Lipinski definition) is 1. The highest BCUT2D eigenvalue weighted by Gasteiger charge is 2.21. The van der Waals surface area contributed by atoms with Crippen molar-refractivity contribution in [1.82, 2.24) is 4.57 Å². The number of rotatable bonds is 3. The average Bonchev–Trinajstić information content (AvgIpc) is 3.43. The highest BCUT2D eigenvalue weighted by atomic mass is 16.5. The fraction of sp³-hybridized carbons (Fsp3) is 0. The van der Waals surface area contributed by atoms with E-state index in [1.54, 1.807) is 0 Å². The third-order valence-corrected chi connectivity index (χ3v) is 9.55. The van der Waals surface area contributed by atoms with Crippen LogP contribution in [0.1, 0.15) is 0 Å². The summed E-state index contributed by atoms with van der Waals surface area (Å²) in [6, 6.07) is 59.1. The van der Waals surface area contributed by atoms with Crippen LogP contribution in [0.2, 0.25) is 0 Å². The summed E-state index contributed by atoms with van der Waals surface area (Å²) in [5.74, 6) is 1.83.